The fraction of sp³-hybridized carbons (Fsp3) is 0.481. The van der Waals surface area contributed by atoms with E-state index in [1.54, 1.807) is 36.4 Å². The number of ketones is 2. The second kappa shape index (κ2) is 32.3. The van der Waals surface area contributed by atoms with Crippen LogP contribution in [0.25, 0.3) is 0 Å². The number of Topliss-reactive ketones (excluding diaryl/α,β-unsaturated/α-hetero) is 2. The predicted molar refractivity (Wildman–Crippen MR) is 265 cm³/mol. The molecule has 0 spiro atoms. The SMILES string of the molecule is CCCc1c(OCCCCCCCCCOc2ccc(C(=O)O)c(O)c2)ccc(C(C)=O)c1O.CCCc1c(OCCCCCCCCCOc2ccc(C(=O)O)c(O)c2)ccc(C(C)=O)c1O.O. The minimum absolute atomic E-state index is 0. The number of phenols is 4. The molecule has 4 rings (SSSR count). The quantitative estimate of drug-likeness (QED) is 0.0197. The standard InChI is InChI=1S/2C27H36O7.H2O/c2*1-3-11-23-25(15-14-21(19(2)28)26(23)30)34-17-10-8-6-4-5-7-9-16-33-20-12-13-22(27(31)32)24(29)18-20;/h2*12-15,18,29-30H,3-11,16-17H2,1-2H3,(H,31,32);1H2. The molecule has 4 aromatic rings. The van der Waals surface area contributed by atoms with Gasteiger partial charge in [-0.3, -0.25) is 9.59 Å². The Kier molecular flexibility index (Phi) is 27.5. The molecule has 0 aliphatic rings. The second-order valence-electron chi connectivity index (χ2n) is 16.8. The van der Waals surface area contributed by atoms with Crippen molar-refractivity contribution >= 4 is 23.5 Å². The van der Waals surface area contributed by atoms with Crippen molar-refractivity contribution in [1.82, 2.24) is 0 Å². The van der Waals surface area contributed by atoms with Crippen LogP contribution in [0.2, 0.25) is 0 Å². The average Bonchev–Trinajstić information content (AvgIpc) is 3.29. The van der Waals surface area contributed by atoms with Crippen LogP contribution in [0.3, 0.4) is 0 Å². The van der Waals surface area contributed by atoms with Crippen molar-refractivity contribution in [1.29, 1.82) is 0 Å². The molecule has 0 heterocycles. The zero-order chi connectivity index (χ0) is 49.8. The molecule has 0 saturated heterocycles. The Hall–Kier alpha value is -6.48. The maximum Gasteiger partial charge on any atom is 0.339 e. The van der Waals surface area contributed by atoms with E-state index in [1.807, 2.05) is 13.8 Å². The van der Waals surface area contributed by atoms with Gasteiger partial charge in [-0.25, -0.2) is 9.59 Å². The van der Waals surface area contributed by atoms with Crippen LogP contribution in [0, 0.1) is 0 Å². The summed E-state index contributed by atoms with van der Waals surface area (Å²) in [6.45, 7) is 9.16. The first-order chi connectivity index (χ1) is 32.7. The molecule has 15 nitrogen and oxygen atoms in total. The summed E-state index contributed by atoms with van der Waals surface area (Å²) in [5.74, 6) is -0.869. The number of hydrogen-bond donors (Lipinski definition) is 6. The topological polar surface area (TPSA) is 258 Å². The number of carbonyl (C=O) groups is 4. The molecule has 0 aliphatic carbocycles. The molecule has 0 amide bonds. The van der Waals surface area contributed by atoms with E-state index in [0.29, 0.717) is 84.5 Å². The largest absolute Gasteiger partial charge is 0.507 e. The van der Waals surface area contributed by atoms with Gasteiger partial charge in [0.1, 0.15) is 57.1 Å². The fourth-order valence-electron chi connectivity index (χ4n) is 7.54. The van der Waals surface area contributed by atoms with Crippen molar-refractivity contribution in [3.63, 3.8) is 0 Å². The number of hydrogen-bond acceptors (Lipinski definition) is 12. The third-order valence-corrected chi connectivity index (χ3v) is 11.3. The van der Waals surface area contributed by atoms with Gasteiger partial charge in [-0.05, 0) is 101 Å². The van der Waals surface area contributed by atoms with Gasteiger partial charge in [-0.15, -0.1) is 0 Å². The van der Waals surface area contributed by atoms with Gasteiger partial charge in [0.05, 0.1) is 37.6 Å². The highest BCUT2D eigenvalue weighted by Gasteiger charge is 2.18. The molecule has 0 bridgehead atoms. The highest BCUT2D eigenvalue weighted by molar-refractivity contribution is 5.98. The first kappa shape index (κ1) is 58.6. The molecule has 0 aromatic heterocycles. The molecule has 15 heteroatoms. The number of rotatable bonds is 32. The number of unbranched alkanes of at least 4 members (excludes halogenated alkanes) is 12. The first-order valence-electron chi connectivity index (χ1n) is 24.0. The van der Waals surface area contributed by atoms with Gasteiger partial charge in [0.2, 0.25) is 0 Å². The van der Waals surface area contributed by atoms with E-state index in [1.165, 1.54) is 38.1 Å². The fourth-order valence-corrected chi connectivity index (χ4v) is 7.54. The van der Waals surface area contributed by atoms with Crippen LogP contribution in [0.1, 0.15) is 183 Å². The number of ether oxygens (including phenoxy) is 4. The van der Waals surface area contributed by atoms with Gasteiger partial charge < -0.3 is 55.1 Å². The Bertz CT molecular complexity index is 2060. The van der Waals surface area contributed by atoms with E-state index in [2.05, 4.69) is 0 Å². The molecular formula is C54H74O15. The van der Waals surface area contributed by atoms with Crippen molar-refractivity contribution in [2.45, 2.75) is 143 Å². The Balaban J connectivity index is 0.000000467. The number of aromatic carboxylic acids is 2. The number of carboxylic acids is 2. The maximum atomic E-state index is 11.7. The van der Waals surface area contributed by atoms with Crippen LogP contribution in [0.5, 0.6) is 46.0 Å². The third kappa shape index (κ3) is 20.3. The smallest absolute Gasteiger partial charge is 0.339 e. The molecule has 0 saturated carbocycles. The lowest BCUT2D eigenvalue weighted by Crippen LogP contribution is -2.03. The van der Waals surface area contributed by atoms with Gasteiger partial charge in [0, 0.05) is 23.3 Å². The van der Waals surface area contributed by atoms with Gasteiger partial charge in [0.15, 0.2) is 11.6 Å². The van der Waals surface area contributed by atoms with Crippen LogP contribution < -0.4 is 18.9 Å². The minimum Gasteiger partial charge on any atom is -0.507 e. The maximum absolute atomic E-state index is 11.7. The second-order valence-corrected chi connectivity index (χ2v) is 16.8. The molecule has 0 radical (unpaired) electrons. The summed E-state index contributed by atoms with van der Waals surface area (Å²) in [6, 6.07) is 15.3. The third-order valence-electron chi connectivity index (χ3n) is 11.3. The number of benzene rings is 4. The van der Waals surface area contributed by atoms with E-state index in [9.17, 15) is 39.6 Å². The van der Waals surface area contributed by atoms with Crippen LogP contribution >= 0.6 is 0 Å². The molecule has 0 atom stereocenters. The van der Waals surface area contributed by atoms with Crippen molar-refractivity contribution in [3.8, 4) is 46.0 Å². The summed E-state index contributed by atoms with van der Waals surface area (Å²) in [5.41, 5.74) is 1.84. The lowest BCUT2D eigenvalue weighted by atomic mass is 10.0. The Morgan fingerprint density at radius 2 is 0.710 bits per heavy atom. The lowest BCUT2D eigenvalue weighted by Gasteiger charge is -2.14. The minimum atomic E-state index is -1.17. The van der Waals surface area contributed by atoms with Crippen molar-refractivity contribution < 1.29 is 74.2 Å². The van der Waals surface area contributed by atoms with Gasteiger partial charge in [-0.2, -0.15) is 0 Å². The van der Waals surface area contributed by atoms with Crippen LogP contribution in [0.4, 0.5) is 0 Å². The predicted octanol–water partition coefficient (Wildman–Crippen LogP) is 11.5. The number of aromatic hydroxyl groups is 4. The van der Waals surface area contributed by atoms with Gasteiger partial charge in [0.25, 0.3) is 0 Å². The van der Waals surface area contributed by atoms with E-state index in [0.717, 1.165) is 103 Å². The summed E-state index contributed by atoms with van der Waals surface area (Å²) in [5, 5.41) is 58.0. The van der Waals surface area contributed by atoms with E-state index in [4.69, 9.17) is 29.2 Å². The first-order valence-corrected chi connectivity index (χ1v) is 24.0. The number of carbonyl (C=O) groups excluding carboxylic acids is 2. The Morgan fingerprint density at radius 1 is 0.420 bits per heavy atom. The molecule has 8 N–H and O–H groups in total. The van der Waals surface area contributed by atoms with Crippen LogP contribution in [0.15, 0.2) is 60.7 Å². The molecule has 0 fully saturated rings. The van der Waals surface area contributed by atoms with Crippen molar-refractivity contribution in [2.75, 3.05) is 26.4 Å². The number of carboxylic acid groups (broad SMARTS) is 2. The summed E-state index contributed by atoms with van der Waals surface area (Å²) in [4.78, 5) is 45.1. The van der Waals surface area contributed by atoms with E-state index < -0.39 is 11.9 Å². The summed E-state index contributed by atoms with van der Waals surface area (Å²) in [7, 11) is 0. The van der Waals surface area contributed by atoms with Crippen LogP contribution in [-0.4, -0.2) is 86.0 Å². The summed E-state index contributed by atoms with van der Waals surface area (Å²) in [6.07, 6.45) is 17.6. The molecular weight excluding hydrogens is 889 g/mol. The summed E-state index contributed by atoms with van der Waals surface area (Å²) >= 11 is 0. The molecule has 380 valence electrons. The zero-order valence-electron chi connectivity index (χ0n) is 40.8. The summed E-state index contributed by atoms with van der Waals surface area (Å²) < 4.78 is 22.9. The zero-order valence-corrected chi connectivity index (χ0v) is 40.8. The van der Waals surface area contributed by atoms with E-state index in [-0.39, 0.29) is 51.2 Å². The number of phenolic OH excluding ortho intramolecular Hbond substituents is 2. The molecule has 69 heavy (non-hydrogen) atoms. The average molecular weight is 963 g/mol. The Morgan fingerprint density at radius 3 is 0.986 bits per heavy atom. The highest BCUT2D eigenvalue weighted by atomic mass is 16.5. The molecule has 0 aliphatic heterocycles. The monoisotopic (exact) mass is 963 g/mol. The van der Waals surface area contributed by atoms with Crippen LogP contribution in [-0.2, 0) is 12.8 Å². The van der Waals surface area contributed by atoms with Crippen molar-refractivity contribution in [3.05, 3.63) is 94.0 Å². The van der Waals surface area contributed by atoms with E-state index >= 15 is 0 Å². The Labute approximate surface area is 406 Å². The lowest BCUT2D eigenvalue weighted by molar-refractivity contribution is 0.0682. The molecule has 0 unspecified atom stereocenters. The van der Waals surface area contributed by atoms with Crippen molar-refractivity contribution in [2.24, 2.45) is 0 Å². The highest BCUT2D eigenvalue weighted by Crippen LogP contribution is 2.35. The molecule has 4 aromatic carbocycles. The van der Waals surface area contributed by atoms with Gasteiger partial charge >= 0.3 is 11.9 Å². The normalized spacial score (nSPS) is 10.6. The van der Waals surface area contributed by atoms with Gasteiger partial charge in [-0.1, -0.05) is 90.9 Å².